The molecule has 0 aliphatic carbocycles. The zero-order valence-electron chi connectivity index (χ0n) is 7.63. The third-order valence-electron chi connectivity index (χ3n) is 1.81. The van der Waals surface area contributed by atoms with Gasteiger partial charge in [0.2, 0.25) is 0 Å². The molecule has 1 aromatic rings. The summed E-state index contributed by atoms with van der Waals surface area (Å²) >= 11 is 3.41. The molecule has 0 amide bonds. The van der Waals surface area contributed by atoms with Crippen LogP contribution in [0.1, 0.15) is 18.1 Å². The Hall–Kier alpha value is -0.830. The molecule has 0 fully saturated rings. The van der Waals surface area contributed by atoms with Crippen LogP contribution >= 0.6 is 15.9 Å². The number of ether oxygens (including phenoxy) is 1. The Morgan fingerprint density at radius 2 is 2.23 bits per heavy atom. The van der Waals surface area contributed by atoms with Crippen LogP contribution in [0.3, 0.4) is 0 Å². The van der Waals surface area contributed by atoms with Crippen LogP contribution in [0.25, 0.3) is 0 Å². The Bertz CT molecular complexity index is 321. The molecule has 0 saturated carbocycles. The molecule has 0 unspecified atom stereocenters. The maximum atomic E-state index is 10.6. The molecule has 0 heterocycles. The van der Waals surface area contributed by atoms with E-state index >= 15 is 0 Å². The minimum Gasteiger partial charge on any atom is -0.461 e. The van der Waals surface area contributed by atoms with E-state index in [2.05, 4.69) is 15.9 Å². The van der Waals surface area contributed by atoms with E-state index < -0.39 is 0 Å². The Morgan fingerprint density at radius 3 is 2.85 bits per heavy atom. The zero-order valence-corrected chi connectivity index (χ0v) is 9.22. The molecule has 0 atom stereocenters. The molecular weight excluding hydrogens is 232 g/mol. The molecule has 0 radical (unpaired) electrons. The predicted molar refractivity (Wildman–Crippen MR) is 54.3 cm³/mol. The fraction of sp³-hybridized carbons (Fsp3) is 0.300. The average Bonchev–Trinajstić information content (AvgIpc) is 2.07. The van der Waals surface area contributed by atoms with Gasteiger partial charge >= 0.3 is 5.97 Å². The van der Waals surface area contributed by atoms with Gasteiger partial charge in [-0.2, -0.15) is 0 Å². The van der Waals surface area contributed by atoms with Gasteiger partial charge in [0.15, 0.2) is 0 Å². The summed E-state index contributed by atoms with van der Waals surface area (Å²) in [6.07, 6.45) is 0. The highest BCUT2D eigenvalue weighted by atomic mass is 79.9. The van der Waals surface area contributed by atoms with Crippen molar-refractivity contribution < 1.29 is 9.53 Å². The summed E-state index contributed by atoms with van der Waals surface area (Å²) in [5.74, 6) is -0.251. The van der Waals surface area contributed by atoms with E-state index in [-0.39, 0.29) is 5.97 Å². The van der Waals surface area contributed by atoms with Gasteiger partial charge in [0.1, 0.15) is 6.61 Å². The molecule has 0 aliphatic heterocycles. The van der Waals surface area contributed by atoms with Crippen molar-refractivity contribution in [2.75, 3.05) is 0 Å². The van der Waals surface area contributed by atoms with Gasteiger partial charge in [-0.25, -0.2) is 0 Å². The first-order chi connectivity index (χ1) is 6.11. The number of hydrogen-bond donors (Lipinski definition) is 0. The molecule has 0 N–H and O–H groups in total. The minimum atomic E-state index is -0.251. The summed E-state index contributed by atoms with van der Waals surface area (Å²) in [7, 11) is 0. The van der Waals surface area contributed by atoms with Crippen LogP contribution in [0.5, 0.6) is 0 Å². The fourth-order valence-corrected chi connectivity index (χ4v) is 1.40. The molecule has 1 aromatic carbocycles. The SMILES string of the molecule is CC(=O)OCc1cccc(Br)c1C. The lowest BCUT2D eigenvalue weighted by molar-refractivity contribution is -0.142. The summed E-state index contributed by atoms with van der Waals surface area (Å²) < 4.78 is 5.94. The van der Waals surface area contributed by atoms with Crippen LogP contribution in [0.2, 0.25) is 0 Å². The van der Waals surface area contributed by atoms with Crippen molar-refractivity contribution in [3.8, 4) is 0 Å². The second kappa shape index (κ2) is 4.42. The summed E-state index contributed by atoms with van der Waals surface area (Å²) in [6, 6.07) is 5.84. The second-order valence-corrected chi connectivity index (χ2v) is 3.66. The highest BCUT2D eigenvalue weighted by Gasteiger charge is 2.02. The number of esters is 1. The quantitative estimate of drug-likeness (QED) is 0.746. The summed E-state index contributed by atoms with van der Waals surface area (Å²) in [5.41, 5.74) is 2.15. The topological polar surface area (TPSA) is 26.3 Å². The lowest BCUT2D eigenvalue weighted by atomic mass is 10.1. The molecular formula is C10H11BrO2. The van der Waals surface area contributed by atoms with E-state index in [4.69, 9.17) is 4.74 Å². The third-order valence-corrected chi connectivity index (χ3v) is 2.67. The molecule has 3 heteroatoms. The maximum absolute atomic E-state index is 10.6. The van der Waals surface area contributed by atoms with Crippen molar-refractivity contribution >= 4 is 21.9 Å². The van der Waals surface area contributed by atoms with Gasteiger partial charge in [-0.15, -0.1) is 0 Å². The van der Waals surface area contributed by atoms with Gasteiger partial charge in [-0.1, -0.05) is 28.1 Å². The molecule has 0 aliphatic rings. The Balaban J connectivity index is 2.77. The lowest BCUT2D eigenvalue weighted by Gasteiger charge is -2.06. The second-order valence-electron chi connectivity index (χ2n) is 2.80. The predicted octanol–water partition coefficient (Wildman–Crippen LogP) is 2.82. The maximum Gasteiger partial charge on any atom is 0.302 e. The average molecular weight is 243 g/mol. The third kappa shape index (κ3) is 2.84. The van der Waals surface area contributed by atoms with Crippen molar-refractivity contribution in [2.45, 2.75) is 20.5 Å². The highest BCUT2D eigenvalue weighted by molar-refractivity contribution is 9.10. The number of rotatable bonds is 2. The number of hydrogen-bond acceptors (Lipinski definition) is 2. The fourth-order valence-electron chi connectivity index (χ4n) is 0.988. The molecule has 13 heavy (non-hydrogen) atoms. The van der Waals surface area contributed by atoms with Gasteiger partial charge in [0.05, 0.1) is 0 Å². The van der Waals surface area contributed by atoms with Crippen LogP contribution in [0.15, 0.2) is 22.7 Å². The Labute approximate surface area is 86.0 Å². The van der Waals surface area contributed by atoms with Crippen LogP contribution in [0, 0.1) is 6.92 Å². The van der Waals surface area contributed by atoms with Crippen molar-refractivity contribution in [1.29, 1.82) is 0 Å². The number of halogens is 1. The van der Waals surface area contributed by atoms with Gasteiger partial charge in [0.25, 0.3) is 0 Å². The molecule has 0 saturated heterocycles. The normalized spacial score (nSPS) is 9.77. The first-order valence-corrected chi connectivity index (χ1v) is 4.78. The van der Waals surface area contributed by atoms with E-state index in [1.807, 2.05) is 25.1 Å². The van der Waals surface area contributed by atoms with Crippen molar-refractivity contribution in [3.63, 3.8) is 0 Å². The van der Waals surface area contributed by atoms with Gasteiger partial charge < -0.3 is 4.74 Å². The van der Waals surface area contributed by atoms with E-state index in [0.717, 1.165) is 15.6 Å². The number of carbonyl (C=O) groups excluding carboxylic acids is 1. The van der Waals surface area contributed by atoms with Crippen LogP contribution in [-0.4, -0.2) is 5.97 Å². The first kappa shape index (κ1) is 10.3. The van der Waals surface area contributed by atoms with Crippen molar-refractivity contribution in [2.24, 2.45) is 0 Å². The number of benzene rings is 1. The standard InChI is InChI=1S/C10H11BrO2/c1-7-9(6-13-8(2)12)4-3-5-10(7)11/h3-5H,6H2,1-2H3. The van der Waals surface area contributed by atoms with Gasteiger partial charge in [-0.05, 0) is 24.1 Å². The summed E-state index contributed by atoms with van der Waals surface area (Å²) in [6.45, 7) is 3.75. The Kier molecular flexibility index (Phi) is 3.48. The molecule has 1 rings (SSSR count). The summed E-state index contributed by atoms with van der Waals surface area (Å²) in [4.78, 5) is 10.6. The van der Waals surface area contributed by atoms with Gasteiger partial charge in [0, 0.05) is 11.4 Å². The molecule has 0 spiro atoms. The smallest absolute Gasteiger partial charge is 0.302 e. The molecule has 0 bridgehead atoms. The van der Waals surface area contributed by atoms with Crippen LogP contribution in [-0.2, 0) is 16.1 Å². The zero-order chi connectivity index (χ0) is 9.84. The van der Waals surface area contributed by atoms with Crippen molar-refractivity contribution in [3.05, 3.63) is 33.8 Å². The highest BCUT2D eigenvalue weighted by Crippen LogP contribution is 2.19. The Morgan fingerprint density at radius 1 is 1.54 bits per heavy atom. The minimum absolute atomic E-state index is 0.251. The van der Waals surface area contributed by atoms with Gasteiger partial charge in [-0.3, -0.25) is 4.79 Å². The number of carbonyl (C=O) groups is 1. The molecule has 70 valence electrons. The molecule has 2 nitrogen and oxygen atoms in total. The van der Waals surface area contributed by atoms with E-state index in [1.54, 1.807) is 0 Å². The monoisotopic (exact) mass is 242 g/mol. The van der Waals surface area contributed by atoms with E-state index in [9.17, 15) is 4.79 Å². The van der Waals surface area contributed by atoms with E-state index in [1.165, 1.54) is 6.92 Å². The summed E-state index contributed by atoms with van der Waals surface area (Å²) in [5, 5.41) is 0. The molecule has 0 aromatic heterocycles. The first-order valence-electron chi connectivity index (χ1n) is 3.98. The lowest BCUT2D eigenvalue weighted by Crippen LogP contribution is -2.00. The largest absolute Gasteiger partial charge is 0.461 e. The van der Waals surface area contributed by atoms with Crippen LogP contribution < -0.4 is 0 Å². The van der Waals surface area contributed by atoms with E-state index in [0.29, 0.717) is 6.61 Å². The van der Waals surface area contributed by atoms with Crippen LogP contribution in [0.4, 0.5) is 0 Å². The van der Waals surface area contributed by atoms with Crippen molar-refractivity contribution in [1.82, 2.24) is 0 Å².